The molecular formula is C18H26Si. The number of aryl methyl sites for hydroxylation is 1. The number of allylic oxidation sites excluding steroid dienone is 1. The van der Waals surface area contributed by atoms with Gasteiger partial charge in [0.2, 0.25) is 0 Å². The van der Waals surface area contributed by atoms with Crippen LogP contribution >= 0.6 is 0 Å². The van der Waals surface area contributed by atoms with Crippen LogP contribution in [-0.4, -0.2) is 8.07 Å². The number of rotatable bonds is 4. The van der Waals surface area contributed by atoms with Crippen molar-refractivity contribution in [3.05, 3.63) is 41.0 Å². The topological polar surface area (TPSA) is 0 Å². The number of hydrogen-bond acceptors (Lipinski definition) is 0. The summed E-state index contributed by atoms with van der Waals surface area (Å²) in [7, 11) is -1.29. The Bertz CT molecular complexity index is 492. The van der Waals surface area contributed by atoms with Gasteiger partial charge < -0.3 is 0 Å². The summed E-state index contributed by atoms with van der Waals surface area (Å²) < 4.78 is 0. The fraction of sp³-hybridized carbons (Fsp3) is 0.444. The molecule has 0 N–H and O–H groups in total. The van der Waals surface area contributed by atoms with E-state index in [4.69, 9.17) is 0 Å². The lowest BCUT2D eigenvalue weighted by atomic mass is 10.0. The van der Waals surface area contributed by atoms with Gasteiger partial charge in [-0.25, -0.2) is 0 Å². The third kappa shape index (κ3) is 6.45. The average Bonchev–Trinajstić information content (AvgIpc) is 2.34. The molecule has 1 rings (SSSR count). The summed E-state index contributed by atoms with van der Waals surface area (Å²) in [6.45, 7) is 11.3. The SMILES string of the molecule is CCCC/C(C#C[Si](C)(C)C)=C\c1ccccc1C. The van der Waals surface area contributed by atoms with Crippen LogP contribution in [0.3, 0.4) is 0 Å². The van der Waals surface area contributed by atoms with Crippen LogP contribution in [0, 0.1) is 18.4 Å². The first-order valence-electron chi connectivity index (χ1n) is 7.22. The van der Waals surface area contributed by atoms with Crippen LogP contribution in [0.2, 0.25) is 19.6 Å². The van der Waals surface area contributed by atoms with E-state index >= 15 is 0 Å². The Balaban J connectivity index is 3.02. The summed E-state index contributed by atoms with van der Waals surface area (Å²) in [6.07, 6.45) is 5.82. The predicted molar refractivity (Wildman–Crippen MR) is 89.8 cm³/mol. The zero-order valence-corrected chi connectivity index (χ0v) is 14.0. The van der Waals surface area contributed by atoms with E-state index < -0.39 is 8.07 Å². The van der Waals surface area contributed by atoms with Gasteiger partial charge in [0, 0.05) is 5.57 Å². The lowest BCUT2D eigenvalue weighted by Crippen LogP contribution is -2.16. The molecule has 1 aromatic rings. The van der Waals surface area contributed by atoms with Gasteiger partial charge in [0.25, 0.3) is 0 Å². The van der Waals surface area contributed by atoms with Crippen LogP contribution in [0.5, 0.6) is 0 Å². The second-order valence-electron chi connectivity index (χ2n) is 6.13. The first-order chi connectivity index (χ1) is 8.92. The van der Waals surface area contributed by atoms with Crippen LogP contribution in [0.4, 0.5) is 0 Å². The van der Waals surface area contributed by atoms with Crippen molar-refractivity contribution in [2.24, 2.45) is 0 Å². The summed E-state index contributed by atoms with van der Waals surface area (Å²) in [5.41, 5.74) is 7.41. The van der Waals surface area contributed by atoms with Gasteiger partial charge in [0.05, 0.1) is 0 Å². The van der Waals surface area contributed by atoms with Crippen LogP contribution in [0.25, 0.3) is 6.08 Å². The minimum atomic E-state index is -1.29. The van der Waals surface area contributed by atoms with Crippen molar-refractivity contribution < 1.29 is 0 Å². The smallest absolute Gasteiger partial charge is 0.127 e. The molecule has 0 aliphatic rings. The lowest BCUT2D eigenvalue weighted by Gasteiger charge is -2.06. The van der Waals surface area contributed by atoms with Crippen molar-refractivity contribution in [3.8, 4) is 11.5 Å². The Kier molecular flexibility index (Phi) is 6.11. The first-order valence-corrected chi connectivity index (χ1v) is 10.7. The molecule has 0 radical (unpaired) electrons. The summed E-state index contributed by atoms with van der Waals surface area (Å²) in [5, 5.41) is 0. The molecule has 0 saturated heterocycles. The van der Waals surface area contributed by atoms with Crippen molar-refractivity contribution in [1.29, 1.82) is 0 Å². The summed E-state index contributed by atoms with van der Waals surface area (Å²) >= 11 is 0. The second-order valence-corrected chi connectivity index (χ2v) is 10.9. The molecule has 0 heterocycles. The number of unbranched alkanes of at least 4 members (excludes halogenated alkanes) is 1. The molecule has 0 bridgehead atoms. The van der Waals surface area contributed by atoms with Gasteiger partial charge in [0.1, 0.15) is 8.07 Å². The van der Waals surface area contributed by atoms with E-state index in [1.165, 1.54) is 29.5 Å². The molecule has 0 nitrogen and oxygen atoms in total. The van der Waals surface area contributed by atoms with Crippen molar-refractivity contribution in [2.45, 2.75) is 52.8 Å². The molecule has 1 heteroatoms. The summed E-state index contributed by atoms with van der Waals surface area (Å²) in [5.74, 6) is 3.44. The van der Waals surface area contributed by atoms with Crippen LogP contribution in [0.1, 0.15) is 37.3 Å². The Hall–Kier alpha value is -1.26. The van der Waals surface area contributed by atoms with Crippen molar-refractivity contribution in [1.82, 2.24) is 0 Å². The summed E-state index contributed by atoms with van der Waals surface area (Å²) in [6, 6.07) is 8.53. The van der Waals surface area contributed by atoms with Gasteiger partial charge >= 0.3 is 0 Å². The van der Waals surface area contributed by atoms with Crippen LogP contribution < -0.4 is 0 Å². The maximum Gasteiger partial charge on any atom is 0.129 e. The van der Waals surface area contributed by atoms with Crippen molar-refractivity contribution >= 4 is 14.1 Å². The molecule has 0 aliphatic carbocycles. The van der Waals surface area contributed by atoms with E-state index in [-0.39, 0.29) is 0 Å². The number of hydrogen-bond donors (Lipinski definition) is 0. The second kappa shape index (κ2) is 7.36. The van der Waals surface area contributed by atoms with E-state index in [0.29, 0.717) is 0 Å². The molecule has 1 aromatic carbocycles. The molecule has 19 heavy (non-hydrogen) atoms. The fourth-order valence-electron chi connectivity index (χ4n) is 1.74. The molecule has 0 aliphatic heterocycles. The van der Waals surface area contributed by atoms with Crippen molar-refractivity contribution in [2.75, 3.05) is 0 Å². The van der Waals surface area contributed by atoms with Gasteiger partial charge in [0.15, 0.2) is 0 Å². The normalized spacial score (nSPS) is 11.9. The van der Waals surface area contributed by atoms with Gasteiger partial charge in [-0.1, -0.05) is 63.2 Å². The molecule has 0 spiro atoms. The van der Waals surface area contributed by atoms with E-state index in [9.17, 15) is 0 Å². The zero-order valence-electron chi connectivity index (χ0n) is 13.0. The van der Waals surface area contributed by atoms with E-state index in [1.807, 2.05) is 0 Å². The Morgan fingerprint density at radius 2 is 1.89 bits per heavy atom. The molecule has 0 aromatic heterocycles. The third-order valence-electron chi connectivity index (χ3n) is 2.92. The molecule has 0 unspecified atom stereocenters. The Morgan fingerprint density at radius 1 is 1.21 bits per heavy atom. The Labute approximate surface area is 120 Å². The molecule has 102 valence electrons. The standard InChI is InChI=1S/C18H26Si/c1-6-7-11-17(13-14-19(3,4)5)15-18-12-9-8-10-16(18)2/h8-10,12,15H,6-7,11H2,1-5H3/b17-15+. The minimum Gasteiger partial charge on any atom is -0.127 e. The van der Waals surface area contributed by atoms with E-state index in [1.54, 1.807) is 0 Å². The van der Waals surface area contributed by atoms with Gasteiger partial charge in [-0.2, -0.15) is 0 Å². The zero-order chi connectivity index (χ0) is 14.3. The van der Waals surface area contributed by atoms with Crippen LogP contribution in [0.15, 0.2) is 29.8 Å². The average molecular weight is 270 g/mol. The lowest BCUT2D eigenvalue weighted by molar-refractivity contribution is 0.803. The third-order valence-corrected chi connectivity index (χ3v) is 3.79. The van der Waals surface area contributed by atoms with Gasteiger partial charge in [-0.3, -0.25) is 0 Å². The highest BCUT2D eigenvalue weighted by molar-refractivity contribution is 6.83. The predicted octanol–water partition coefficient (Wildman–Crippen LogP) is 5.45. The number of benzene rings is 1. The summed E-state index contributed by atoms with van der Waals surface area (Å²) in [4.78, 5) is 0. The molecule has 0 saturated carbocycles. The van der Waals surface area contributed by atoms with Gasteiger partial charge in [-0.15, -0.1) is 5.54 Å². The Morgan fingerprint density at radius 3 is 2.47 bits per heavy atom. The maximum atomic E-state index is 3.49. The highest BCUT2D eigenvalue weighted by Gasteiger charge is 2.07. The van der Waals surface area contributed by atoms with Crippen LogP contribution in [-0.2, 0) is 0 Å². The fourth-order valence-corrected chi connectivity index (χ4v) is 2.28. The van der Waals surface area contributed by atoms with Crippen molar-refractivity contribution in [3.63, 3.8) is 0 Å². The highest BCUT2D eigenvalue weighted by Crippen LogP contribution is 2.16. The first kappa shape index (κ1) is 15.8. The molecular weight excluding hydrogens is 244 g/mol. The largest absolute Gasteiger partial charge is 0.129 e. The van der Waals surface area contributed by atoms with Gasteiger partial charge in [-0.05, 0) is 37.0 Å². The molecule has 0 atom stereocenters. The highest BCUT2D eigenvalue weighted by atomic mass is 28.3. The maximum absolute atomic E-state index is 3.49. The molecule has 0 amide bonds. The quantitative estimate of drug-likeness (QED) is 0.504. The molecule has 0 fully saturated rings. The monoisotopic (exact) mass is 270 g/mol. The minimum absolute atomic E-state index is 1.10. The van der Waals surface area contributed by atoms with E-state index in [2.05, 4.69) is 75.3 Å². The van der Waals surface area contributed by atoms with E-state index in [0.717, 1.165) is 6.42 Å².